The molecule has 0 aliphatic carbocycles. The molecule has 0 aliphatic rings. The molecule has 0 aliphatic heterocycles. The molecule has 0 saturated heterocycles. The molecule has 3 aromatic carbocycles. The van der Waals surface area contributed by atoms with Gasteiger partial charge >= 0.3 is 12.1 Å². The van der Waals surface area contributed by atoms with E-state index in [1.165, 1.54) is 12.1 Å². The summed E-state index contributed by atoms with van der Waals surface area (Å²) in [4.78, 5) is 28.8. The number of carboxylic acids is 1. The topological polar surface area (TPSA) is 125 Å². The summed E-state index contributed by atoms with van der Waals surface area (Å²) in [6, 6.07) is 22.7. The van der Waals surface area contributed by atoms with Gasteiger partial charge in [-0.3, -0.25) is 9.48 Å². The third-order valence-electron chi connectivity index (χ3n) is 6.08. The van der Waals surface area contributed by atoms with Crippen molar-refractivity contribution in [2.75, 3.05) is 13.1 Å². The lowest BCUT2D eigenvalue weighted by atomic mass is 10.0. The number of halogens is 4. The first-order chi connectivity index (χ1) is 20.0. The summed E-state index contributed by atoms with van der Waals surface area (Å²) in [6.45, 7) is 1.90. The maximum Gasteiger partial charge on any atom is 0.490 e. The predicted molar refractivity (Wildman–Crippen MR) is 148 cm³/mol. The van der Waals surface area contributed by atoms with Crippen LogP contribution in [0.3, 0.4) is 0 Å². The Morgan fingerprint density at radius 3 is 2.33 bits per heavy atom. The highest BCUT2D eigenvalue weighted by atomic mass is 19.4. The second kappa shape index (κ2) is 13.1. The van der Waals surface area contributed by atoms with E-state index in [1.54, 1.807) is 30.1 Å². The number of rotatable bonds is 8. The molecule has 0 saturated carbocycles. The molecular weight excluding hydrogens is 556 g/mol. The average molecular weight is 583 g/mol. The Morgan fingerprint density at radius 2 is 1.67 bits per heavy atom. The number of aryl methyl sites for hydroxylation is 1. The number of fused-ring (bicyclic) bond motifs is 1. The maximum atomic E-state index is 13.5. The van der Waals surface area contributed by atoms with Gasteiger partial charge in [-0.2, -0.15) is 18.3 Å². The fourth-order valence-corrected chi connectivity index (χ4v) is 3.96. The van der Waals surface area contributed by atoms with E-state index in [0.717, 1.165) is 27.8 Å². The molecule has 5 aromatic rings. The third-order valence-corrected chi connectivity index (χ3v) is 6.08. The van der Waals surface area contributed by atoms with Crippen LogP contribution in [0.5, 0.6) is 0 Å². The van der Waals surface area contributed by atoms with Crippen LogP contribution in [0.25, 0.3) is 33.5 Å². The molecule has 0 fully saturated rings. The van der Waals surface area contributed by atoms with Crippen molar-refractivity contribution in [2.45, 2.75) is 12.7 Å². The minimum absolute atomic E-state index is 0.131. The summed E-state index contributed by atoms with van der Waals surface area (Å²) >= 11 is 0. The van der Waals surface area contributed by atoms with Crippen molar-refractivity contribution in [2.24, 2.45) is 7.05 Å². The number of alkyl halides is 3. The molecule has 9 nitrogen and oxygen atoms in total. The second-order valence-electron chi connectivity index (χ2n) is 9.10. The minimum atomic E-state index is -5.08. The zero-order chi connectivity index (χ0) is 30.3. The van der Waals surface area contributed by atoms with Gasteiger partial charge in [-0.25, -0.2) is 14.2 Å². The second-order valence-corrected chi connectivity index (χ2v) is 9.10. The van der Waals surface area contributed by atoms with Gasteiger partial charge in [-0.1, -0.05) is 42.5 Å². The molecule has 0 bridgehead atoms. The zero-order valence-electron chi connectivity index (χ0n) is 22.2. The summed E-state index contributed by atoms with van der Waals surface area (Å²) in [5.41, 5.74) is 6.23. The van der Waals surface area contributed by atoms with Crippen molar-refractivity contribution >= 4 is 22.9 Å². The Labute approximate surface area is 237 Å². The van der Waals surface area contributed by atoms with Crippen LogP contribution in [0, 0.1) is 5.82 Å². The Bertz CT molecular complexity index is 1680. The van der Waals surface area contributed by atoms with Crippen LogP contribution in [0.2, 0.25) is 0 Å². The average Bonchev–Trinajstić information content (AvgIpc) is 3.59. The van der Waals surface area contributed by atoms with Crippen molar-refractivity contribution in [3.8, 4) is 22.5 Å². The van der Waals surface area contributed by atoms with Crippen molar-refractivity contribution < 1.29 is 32.3 Å². The number of aromatic amines is 1. The lowest BCUT2D eigenvalue weighted by Gasteiger charge is -2.09. The summed E-state index contributed by atoms with van der Waals surface area (Å²) in [5, 5.41) is 17.4. The molecule has 4 N–H and O–H groups in total. The molecule has 218 valence electrons. The Hall–Kier alpha value is -5.04. The number of aromatic nitrogens is 4. The van der Waals surface area contributed by atoms with E-state index in [2.05, 4.69) is 62.1 Å². The van der Waals surface area contributed by atoms with Crippen LogP contribution in [0.1, 0.15) is 16.1 Å². The van der Waals surface area contributed by atoms with Crippen LogP contribution in [0.4, 0.5) is 17.6 Å². The van der Waals surface area contributed by atoms with Gasteiger partial charge in [0, 0.05) is 38.4 Å². The lowest BCUT2D eigenvalue weighted by Crippen LogP contribution is -2.32. The van der Waals surface area contributed by atoms with E-state index in [1.807, 2.05) is 12.1 Å². The first kappa shape index (κ1) is 29.9. The molecule has 0 unspecified atom stereocenters. The summed E-state index contributed by atoms with van der Waals surface area (Å²) < 4.78 is 46.8. The van der Waals surface area contributed by atoms with Gasteiger partial charge in [0.25, 0.3) is 5.91 Å². The number of H-pyrrole nitrogens is 1. The van der Waals surface area contributed by atoms with Gasteiger partial charge in [0.05, 0.1) is 11.0 Å². The number of imidazole rings is 1. The number of benzene rings is 3. The Kier molecular flexibility index (Phi) is 9.32. The number of nitrogens with one attached hydrogen (secondary N) is 3. The normalized spacial score (nSPS) is 11.2. The molecule has 0 radical (unpaired) electrons. The van der Waals surface area contributed by atoms with Crippen LogP contribution in [-0.4, -0.2) is 56.0 Å². The van der Waals surface area contributed by atoms with E-state index >= 15 is 0 Å². The highest BCUT2D eigenvalue weighted by molar-refractivity contribution is 5.92. The van der Waals surface area contributed by atoms with Crippen molar-refractivity contribution in [1.82, 2.24) is 30.4 Å². The molecule has 42 heavy (non-hydrogen) atoms. The number of amides is 1. The van der Waals surface area contributed by atoms with Crippen LogP contribution < -0.4 is 10.6 Å². The van der Waals surface area contributed by atoms with E-state index in [0.29, 0.717) is 36.7 Å². The number of carbonyl (C=O) groups excluding carboxylic acids is 1. The van der Waals surface area contributed by atoms with Gasteiger partial charge in [-0.05, 0) is 47.0 Å². The molecular formula is C29H26F4N6O3. The summed E-state index contributed by atoms with van der Waals surface area (Å²) in [6.07, 6.45) is -3.48. The number of nitrogens with zero attached hydrogens (tertiary/aromatic N) is 3. The Balaban J connectivity index is 0.000000517. The molecule has 13 heteroatoms. The minimum Gasteiger partial charge on any atom is -0.475 e. The molecule has 0 atom stereocenters. The molecule has 1 amide bonds. The standard InChI is InChI=1S/C27H25FN6O.C2HF3O2/c1-34-25(11-12-31-34)27(35)30-14-13-29-17-18-5-7-19(8-6-18)20-3-2-4-21(15-20)26-32-23-10-9-22(28)16-24(23)33-26;3-2(4,5)1(6)7/h2-12,15-16,29H,13-14,17H2,1H3,(H,30,35)(H,32,33);(H,6,7). The smallest absolute Gasteiger partial charge is 0.475 e. The van der Waals surface area contributed by atoms with Crippen LogP contribution in [0.15, 0.2) is 79.0 Å². The number of carbonyl (C=O) groups is 2. The number of hydrogen-bond donors (Lipinski definition) is 4. The molecule has 2 heterocycles. The molecule has 0 spiro atoms. The van der Waals surface area contributed by atoms with E-state index in [4.69, 9.17) is 9.90 Å². The van der Waals surface area contributed by atoms with Crippen LogP contribution >= 0.6 is 0 Å². The SMILES string of the molecule is Cn1nccc1C(=O)NCCNCc1ccc(-c2cccc(-c3nc4ccc(F)cc4[nH]3)c2)cc1.O=C(O)C(F)(F)F. The number of hydrogen-bond acceptors (Lipinski definition) is 5. The van der Waals surface area contributed by atoms with Crippen molar-refractivity contribution in [3.63, 3.8) is 0 Å². The number of carboxylic acid groups (broad SMARTS) is 1. The fourth-order valence-electron chi connectivity index (χ4n) is 3.96. The van der Waals surface area contributed by atoms with E-state index in [9.17, 15) is 22.4 Å². The zero-order valence-corrected chi connectivity index (χ0v) is 22.2. The van der Waals surface area contributed by atoms with Crippen molar-refractivity contribution in [3.05, 3.63) is 96.1 Å². The van der Waals surface area contributed by atoms with Gasteiger partial charge in [0.1, 0.15) is 17.3 Å². The van der Waals surface area contributed by atoms with Gasteiger partial charge < -0.3 is 20.7 Å². The summed E-state index contributed by atoms with van der Waals surface area (Å²) in [7, 11) is 1.74. The number of aliphatic carboxylic acids is 1. The monoisotopic (exact) mass is 582 g/mol. The maximum absolute atomic E-state index is 13.5. The van der Waals surface area contributed by atoms with Gasteiger partial charge in [-0.15, -0.1) is 0 Å². The van der Waals surface area contributed by atoms with E-state index in [-0.39, 0.29) is 11.7 Å². The van der Waals surface area contributed by atoms with Crippen LogP contribution in [-0.2, 0) is 18.4 Å². The fraction of sp³-hybridized carbons (Fsp3) is 0.172. The summed E-state index contributed by atoms with van der Waals surface area (Å²) in [5.74, 6) is -2.46. The lowest BCUT2D eigenvalue weighted by molar-refractivity contribution is -0.192. The van der Waals surface area contributed by atoms with E-state index < -0.39 is 12.1 Å². The molecule has 5 rings (SSSR count). The largest absolute Gasteiger partial charge is 0.490 e. The van der Waals surface area contributed by atoms with Crippen molar-refractivity contribution in [1.29, 1.82) is 0 Å². The quantitative estimate of drug-likeness (QED) is 0.152. The van der Waals surface area contributed by atoms with Gasteiger partial charge in [0.2, 0.25) is 0 Å². The highest BCUT2D eigenvalue weighted by Gasteiger charge is 2.38. The predicted octanol–water partition coefficient (Wildman–Crippen LogP) is 4.92. The Morgan fingerprint density at radius 1 is 0.952 bits per heavy atom. The first-order valence-corrected chi connectivity index (χ1v) is 12.6. The molecule has 2 aromatic heterocycles. The van der Waals surface area contributed by atoms with Gasteiger partial charge in [0.15, 0.2) is 0 Å². The first-order valence-electron chi connectivity index (χ1n) is 12.6. The third kappa shape index (κ3) is 7.79. The highest BCUT2D eigenvalue weighted by Crippen LogP contribution is 2.27.